The number of benzene rings is 1. The Kier molecular flexibility index (Phi) is 5.07. The number of hydrogen-bond donors (Lipinski definition) is 1. The molecule has 1 N–H and O–H groups in total. The van der Waals surface area contributed by atoms with Gasteiger partial charge < -0.3 is 5.32 Å². The molecule has 0 aliphatic heterocycles. The van der Waals surface area contributed by atoms with Crippen LogP contribution in [0.4, 0.5) is 0 Å². The van der Waals surface area contributed by atoms with Crippen molar-refractivity contribution in [1.82, 2.24) is 20.1 Å². The van der Waals surface area contributed by atoms with Gasteiger partial charge in [0.25, 0.3) is 5.91 Å². The second-order valence-electron chi connectivity index (χ2n) is 7.34. The highest BCUT2D eigenvalue weighted by atomic mass is 16.1. The van der Waals surface area contributed by atoms with Gasteiger partial charge >= 0.3 is 0 Å². The molecule has 2 heterocycles. The summed E-state index contributed by atoms with van der Waals surface area (Å²) in [7, 11) is 0. The van der Waals surface area contributed by atoms with Gasteiger partial charge in [-0.2, -0.15) is 5.10 Å². The van der Waals surface area contributed by atoms with Crippen LogP contribution in [0.2, 0.25) is 0 Å². The molecule has 1 atom stereocenters. The molecule has 0 bridgehead atoms. The lowest BCUT2D eigenvalue weighted by atomic mass is 9.99. The summed E-state index contributed by atoms with van der Waals surface area (Å²) in [5, 5.41) is 8.27. The predicted octanol–water partition coefficient (Wildman–Crippen LogP) is 4.63. The maximum Gasteiger partial charge on any atom is 0.253 e. The second kappa shape index (κ2) is 7.28. The molecule has 3 aromatic rings. The van der Waals surface area contributed by atoms with Crippen LogP contribution in [-0.4, -0.2) is 20.7 Å². The molecule has 0 aliphatic rings. The molecule has 5 heteroatoms. The second-order valence-corrected chi connectivity index (χ2v) is 7.34. The molecule has 1 amide bonds. The topological polar surface area (TPSA) is 59.8 Å². The average molecular weight is 350 g/mol. The van der Waals surface area contributed by atoms with Crippen LogP contribution in [0.25, 0.3) is 11.0 Å². The Bertz CT molecular complexity index is 909. The van der Waals surface area contributed by atoms with Crippen molar-refractivity contribution in [3.8, 4) is 0 Å². The molecule has 1 aromatic carbocycles. The predicted molar refractivity (Wildman–Crippen MR) is 104 cm³/mol. The Balaban J connectivity index is 1.75. The molecule has 0 aliphatic carbocycles. The van der Waals surface area contributed by atoms with E-state index in [1.54, 1.807) is 12.4 Å². The summed E-state index contributed by atoms with van der Waals surface area (Å²) in [5.74, 6) is 0.371. The average Bonchev–Trinajstić information content (AvgIpc) is 3.05. The third-order valence-electron chi connectivity index (χ3n) is 4.64. The van der Waals surface area contributed by atoms with Crippen LogP contribution in [-0.2, 0) is 0 Å². The summed E-state index contributed by atoms with van der Waals surface area (Å²) < 4.78 is 1.86. The van der Waals surface area contributed by atoms with Crippen LogP contribution in [0.15, 0.2) is 42.7 Å². The molecule has 0 fully saturated rings. The van der Waals surface area contributed by atoms with E-state index >= 15 is 0 Å². The SMILES string of the molecule is CC(C)c1ccc(C(C)NC(=O)c2cnc3c(cnn3C(C)C)c2)cc1. The van der Waals surface area contributed by atoms with Gasteiger partial charge in [-0.15, -0.1) is 0 Å². The minimum Gasteiger partial charge on any atom is -0.345 e. The van der Waals surface area contributed by atoms with Gasteiger partial charge in [0.2, 0.25) is 0 Å². The van der Waals surface area contributed by atoms with Crippen molar-refractivity contribution in [1.29, 1.82) is 0 Å². The summed E-state index contributed by atoms with van der Waals surface area (Å²) in [6, 6.07) is 10.4. The minimum absolute atomic E-state index is 0.0715. The summed E-state index contributed by atoms with van der Waals surface area (Å²) in [6.07, 6.45) is 3.37. The van der Waals surface area contributed by atoms with Crippen molar-refractivity contribution < 1.29 is 4.79 Å². The van der Waals surface area contributed by atoms with Crippen LogP contribution in [0, 0.1) is 0 Å². The molecule has 0 saturated heterocycles. The van der Waals surface area contributed by atoms with Crippen LogP contribution in [0.1, 0.15) is 74.1 Å². The zero-order valence-corrected chi connectivity index (χ0v) is 16.0. The molecule has 2 aromatic heterocycles. The molecule has 136 valence electrons. The molecule has 5 nitrogen and oxygen atoms in total. The number of carbonyl (C=O) groups is 1. The van der Waals surface area contributed by atoms with E-state index in [2.05, 4.69) is 67.4 Å². The third kappa shape index (κ3) is 3.62. The van der Waals surface area contributed by atoms with Gasteiger partial charge in [-0.05, 0) is 43.9 Å². The minimum atomic E-state index is -0.128. The molecule has 26 heavy (non-hydrogen) atoms. The monoisotopic (exact) mass is 350 g/mol. The molecular weight excluding hydrogens is 324 g/mol. The molecule has 0 saturated carbocycles. The van der Waals surface area contributed by atoms with Crippen molar-refractivity contribution in [3.63, 3.8) is 0 Å². The molecular formula is C21H26N4O. The molecule has 0 radical (unpaired) electrons. The van der Waals surface area contributed by atoms with E-state index in [0.717, 1.165) is 16.6 Å². The highest BCUT2D eigenvalue weighted by molar-refractivity contribution is 5.97. The van der Waals surface area contributed by atoms with Gasteiger partial charge in [0.1, 0.15) is 0 Å². The van der Waals surface area contributed by atoms with E-state index in [9.17, 15) is 4.79 Å². The molecule has 0 spiro atoms. The van der Waals surface area contributed by atoms with Crippen molar-refractivity contribution in [3.05, 3.63) is 59.4 Å². The first-order chi connectivity index (χ1) is 12.4. The van der Waals surface area contributed by atoms with E-state index in [4.69, 9.17) is 0 Å². The first-order valence-corrected chi connectivity index (χ1v) is 9.10. The molecule has 3 rings (SSSR count). The normalized spacial score (nSPS) is 12.7. The largest absolute Gasteiger partial charge is 0.345 e. The van der Waals surface area contributed by atoms with Crippen LogP contribution >= 0.6 is 0 Å². The lowest BCUT2D eigenvalue weighted by Gasteiger charge is -2.15. The number of aromatic nitrogens is 3. The van der Waals surface area contributed by atoms with Crippen LogP contribution in [0.5, 0.6) is 0 Å². The summed E-state index contributed by atoms with van der Waals surface area (Å²) in [6.45, 7) is 10.4. The number of rotatable bonds is 5. The van der Waals surface area contributed by atoms with Gasteiger partial charge in [0.05, 0.1) is 17.8 Å². The number of nitrogens with zero attached hydrogens (tertiary/aromatic N) is 3. The molecule has 1 unspecified atom stereocenters. The highest BCUT2D eigenvalue weighted by Gasteiger charge is 2.14. The number of pyridine rings is 1. The van der Waals surface area contributed by atoms with Gasteiger partial charge in [0, 0.05) is 17.6 Å². The highest BCUT2D eigenvalue weighted by Crippen LogP contribution is 2.20. The number of nitrogens with one attached hydrogen (secondary N) is 1. The first-order valence-electron chi connectivity index (χ1n) is 9.10. The third-order valence-corrected chi connectivity index (χ3v) is 4.64. The first kappa shape index (κ1) is 18.1. The Labute approximate surface area is 154 Å². The maximum absolute atomic E-state index is 12.6. The van der Waals surface area contributed by atoms with Gasteiger partial charge in [-0.1, -0.05) is 38.1 Å². The van der Waals surface area contributed by atoms with E-state index in [1.807, 2.05) is 17.7 Å². The summed E-state index contributed by atoms with van der Waals surface area (Å²) in [4.78, 5) is 17.0. The maximum atomic E-state index is 12.6. The van der Waals surface area contributed by atoms with Crippen molar-refractivity contribution in [2.45, 2.75) is 52.6 Å². The van der Waals surface area contributed by atoms with Crippen molar-refractivity contribution >= 4 is 16.9 Å². The zero-order chi connectivity index (χ0) is 18.8. The van der Waals surface area contributed by atoms with Crippen LogP contribution in [0.3, 0.4) is 0 Å². The van der Waals surface area contributed by atoms with E-state index < -0.39 is 0 Å². The summed E-state index contributed by atoms with van der Waals surface area (Å²) >= 11 is 0. The number of hydrogen-bond acceptors (Lipinski definition) is 3. The van der Waals surface area contributed by atoms with E-state index in [1.165, 1.54) is 5.56 Å². The quantitative estimate of drug-likeness (QED) is 0.730. The fourth-order valence-electron chi connectivity index (χ4n) is 2.98. The van der Waals surface area contributed by atoms with E-state index in [-0.39, 0.29) is 18.0 Å². The summed E-state index contributed by atoms with van der Waals surface area (Å²) in [5.41, 5.74) is 3.73. The van der Waals surface area contributed by atoms with Gasteiger partial charge in [-0.25, -0.2) is 9.67 Å². The lowest BCUT2D eigenvalue weighted by molar-refractivity contribution is 0.0939. The van der Waals surface area contributed by atoms with Gasteiger partial charge in [-0.3, -0.25) is 4.79 Å². The smallest absolute Gasteiger partial charge is 0.253 e. The zero-order valence-electron chi connectivity index (χ0n) is 16.0. The van der Waals surface area contributed by atoms with Crippen molar-refractivity contribution in [2.24, 2.45) is 0 Å². The Morgan fingerprint density at radius 1 is 1.00 bits per heavy atom. The lowest BCUT2D eigenvalue weighted by Crippen LogP contribution is -2.26. The van der Waals surface area contributed by atoms with Crippen molar-refractivity contribution in [2.75, 3.05) is 0 Å². The number of fused-ring (bicyclic) bond motifs is 1. The van der Waals surface area contributed by atoms with Gasteiger partial charge in [0.15, 0.2) is 5.65 Å². The van der Waals surface area contributed by atoms with E-state index in [0.29, 0.717) is 11.5 Å². The fourth-order valence-corrected chi connectivity index (χ4v) is 2.98. The Morgan fingerprint density at radius 3 is 2.27 bits per heavy atom. The standard InChI is InChI=1S/C21H26N4O/c1-13(2)16-6-8-17(9-7-16)15(5)24-21(26)19-10-18-12-23-25(14(3)4)20(18)22-11-19/h6-15H,1-5H3,(H,24,26). The fraction of sp³-hybridized carbons (Fsp3) is 0.381. The number of amides is 1. The Morgan fingerprint density at radius 2 is 1.65 bits per heavy atom. The van der Waals surface area contributed by atoms with Crippen LogP contribution < -0.4 is 5.32 Å². The number of carbonyl (C=O) groups excluding carboxylic acids is 1. The Hall–Kier alpha value is -2.69.